The van der Waals surface area contributed by atoms with Crippen LogP contribution in [0.1, 0.15) is 16.8 Å². The number of anilines is 1. The maximum absolute atomic E-state index is 13.7. The van der Waals surface area contributed by atoms with Gasteiger partial charge in [0.25, 0.3) is 0 Å². The molecule has 0 radical (unpaired) electrons. The minimum Gasteiger partial charge on any atom is -0.478 e. The van der Waals surface area contributed by atoms with Crippen molar-refractivity contribution in [2.75, 3.05) is 11.9 Å². The molecule has 0 aliphatic carbocycles. The van der Waals surface area contributed by atoms with Gasteiger partial charge in [-0.15, -0.1) is 0 Å². The second-order valence-corrected chi connectivity index (χ2v) is 3.68. The van der Waals surface area contributed by atoms with Crippen LogP contribution in [0.25, 0.3) is 0 Å². The summed E-state index contributed by atoms with van der Waals surface area (Å²) in [6.45, 7) is 0.372. The van der Waals surface area contributed by atoms with Gasteiger partial charge in [-0.1, -0.05) is 0 Å². The Morgan fingerprint density at radius 2 is 2.41 bits per heavy atom. The van der Waals surface area contributed by atoms with Gasteiger partial charge in [0.1, 0.15) is 5.56 Å². The van der Waals surface area contributed by atoms with Crippen LogP contribution in [0.4, 0.5) is 10.2 Å². The summed E-state index contributed by atoms with van der Waals surface area (Å²) in [5.41, 5.74) is -0.445. The van der Waals surface area contributed by atoms with Gasteiger partial charge in [0.2, 0.25) is 5.91 Å². The number of hydrogen-bond donors (Lipinski definition) is 3. The molecule has 1 saturated heterocycles. The number of pyridine rings is 1. The third-order valence-corrected chi connectivity index (χ3v) is 2.44. The van der Waals surface area contributed by atoms with E-state index >= 15 is 0 Å². The van der Waals surface area contributed by atoms with E-state index in [9.17, 15) is 14.0 Å². The van der Waals surface area contributed by atoms with Crippen LogP contribution in [-0.2, 0) is 4.79 Å². The fraction of sp³-hybridized carbons (Fsp3) is 0.300. The van der Waals surface area contributed by atoms with Crippen molar-refractivity contribution in [1.82, 2.24) is 10.3 Å². The van der Waals surface area contributed by atoms with Crippen molar-refractivity contribution in [3.63, 3.8) is 0 Å². The Kier molecular flexibility index (Phi) is 2.90. The second kappa shape index (κ2) is 4.36. The maximum atomic E-state index is 13.7. The zero-order valence-corrected chi connectivity index (χ0v) is 8.74. The molecule has 17 heavy (non-hydrogen) atoms. The Morgan fingerprint density at radius 3 is 3.00 bits per heavy atom. The Hall–Kier alpha value is -2.18. The number of carbonyl (C=O) groups is 2. The highest BCUT2D eigenvalue weighted by Crippen LogP contribution is 2.17. The molecule has 1 fully saturated rings. The third kappa shape index (κ3) is 2.32. The average Bonchev–Trinajstić information content (AvgIpc) is 2.67. The molecule has 1 aliphatic rings. The van der Waals surface area contributed by atoms with Crippen molar-refractivity contribution in [3.05, 3.63) is 23.6 Å². The molecule has 7 heteroatoms. The van der Waals surface area contributed by atoms with Gasteiger partial charge in [0.05, 0.1) is 6.04 Å². The topological polar surface area (TPSA) is 91.3 Å². The van der Waals surface area contributed by atoms with Crippen molar-refractivity contribution in [2.45, 2.75) is 12.5 Å². The van der Waals surface area contributed by atoms with Crippen LogP contribution in [0, 0.1) is 5.82 Å². The van der Waals surface area contributed by atoms with Crippen molar-refractivity contribution in [1.29, 1.82) is 0 Å². The van der Waals surface area contributed by atoms with Gasteiger partial charge in [0.15, 0.2) is 11.6 Å². The summed E-state index contributed by atoms with van der Waals surface area (Å²) in [7, 11) is 0. The molecule has 1 unspecified atom stereocenters. The summed E-state index contributed by atoms with van der Waals surface area (Å²) >= 11 is 0. The highest BCUT2D eigenvalue weighted by atomic mass is 19.1. The molecular weight excluding hydrogens is 229 g/mol. The van der Waals surface area contributed by atoms with Gasteiger partial charge in [-0.2, -0.15) is 0 Å². The largest absolute Gasteiger partial charge is 0.478 e. The van der Waals surface area contributed by atoms with Crippen molar-refractivity contribution < 1.29 is 19.1 Å². The number of carbonyl (C=O) groups excluding carboxylic acids is 1. The first-order valence-corrected chi connectivity index (χ1v) is 4.99. The number of rotatable bonds is 3. The van der Waals surface area contributed by atoms with Crippen LogP contribution < -0.4 is 10.6 Å². The Bertz CT molecular complexity index is 478. The van der Waals surface area contributed by atoms with Crippen LogP contribution in [-0.4, -0.2) is 34.6 Å². The Balaban J connectivity index is 2.18. The van der Waals surface area contributed by atoms with Crippen molar-refractivity contribution in [2.24, 2.45) is 0 Å². The van der Waals surface area contributed by atoms with Gasteiger partial charge in [-0.05, 0) is 6.07 Å². The average molecular weight is 239 g/mol. The molecule has 6 nitrogen and oxygen atoms in total. The number of halogens is 1. The number of amides is 1. The fourth-order valence-corrected chi connectivity index (χ4v) is 1.61. The maximum Gasteiger partial charge on any atom is 0.338 e. The predicted octanol–water partition coefficient (Wildman–Crippen LogP) is 0.219. The first kappa shape index (κ1) is 11.3. The first-order chi connectivity index (χ1) is 8.08. The molecule has 0 saturated carbocycles. The summed E-state index contributed by atoms with van der Waals surface area (Å²) < 4.78 is 13.7. The zero-order valence-electron chi connectivity index (χ0n) is 8.74. The lowest BCUT2D eigenvalue weighted by atomic mass is 10.2. The SMILES string of the molecule is O=C1CC(Nc2nccc(C(=O)O)c2F)CN1. The van der Waals surface area contributed by atoms with Gasteiger partial charge in [-0.3, -0.25) is 4.79 Å². The molecule has 0 spiro atoms. The van der Waals surface area contributed by atoms with Crippen LogP contribution in [0.15, 0.2) is 12.3 Å². The highest BCUT2D eigenvalue weighted by molar-refractivity contribution is 5.88. The van der Waals surface area contributed by atoms with Gasteiger partial charge < -0.3 is 15.7 Å². The first-order valence-electron chi connectivity index (χ1n) is 4.99. The number of nitrogens with zero attached hydrogens (tertiary/aromatic N) is 1. The lowest BCUT2D eigenvalue weighted by Crippen LogP contribution is -2.24. The predicted molar refractivity (Wildman–Crippen MR) is 56.2 cm³/mol. The quantitative estimate of drug-likeness (QED) is 0.701. The minimum atomic E-state index is -1.35. The van der Waals surface area contributed by atoms with E-state index in [4.69, 9.17) is 5.11 Å². The number of carboxylic acids is 1. The number of aromatic nitrogens is 1. The Labute approximate surface area is 95.9 Å². The zero-order chi connectivity index (χ0) is 12.4. The van der Waals surface area contributed by atoms with Gasteiger partial charge in [0, 0.05) is 19.2 Å². The Morgan fingerprint density at radius 1 is 1.65 bits per heavy atom. The summed E-state index contributed by atoms with van der Waals surface area (Å²) in [4.78, 5) is 25.4. The molecule has 1 aromatic rings. The molecular formula is C10H10FN3O3. The molecule has 1 amide bonds. The van der Waals surface area contributed by atoms with E-state index in [0.29, 0.717) is 6.54 Å². The third-order valence-electron chi connectivity index (χ3n) is 2.44. The summed E-state index contributed by atoms with van der Waals surface area (Å²) in [6, 6.07) is 0.814. The fourth-order valence-electron chi connectivity index (χ4n) is 1.61. The van der Waals surface area contributed by atoms with Crippen LogP contribution >= 0.6 is 0 Å². The molecule has 1 atom stereocenters. The molecule has 0 aromatic carbocycles. The lowest BCUT2D eigenvalue weighted by molar-refractivity contribution is -0.119. The summed E-state index contributed by atoms with van der Waals surface area (Å²) in [6.07, 6.45) is 1.43. The summed E-state index contributed by atoms with van der Waals surface area (Å²) in [5.74, 6) is -2.54. The minimum absolute atomic E-state index is 0.128. The van der Waals surface area contributed by atoms with Crippen molar-refractivity contribution in [3.8, 4) is 0 Å². The second-order valence-electron chi connectivity index (χ2n) is 3.68. The molecule has 1 aliphatic heterocycles. The van der Waals surface area contributed by atoms with Gasteiger partial charge in [-0.25, -0.2) is 14.2 Å². The standard InChI is InChI=1S/C10H10FN3O3/c11-8-6(10(16)17)1-2-12-9(8)14-5-3-7(15)13-4-5/h1-2,5H,3-4H2,(H,12,14)(H,13,15)(H,16,17). The number of hydrogen-bond acceptors (Lipinski definition) is 4. The van der Waals surface area contributed by atoms with E-state index in [1.165, 1.54) is 6.20 Å². The number of aromatic carboxylic acids is 1. The number of carboxylic acid groups (broad SMARTS) is 1. The lowest BCUT2D eigenvalue weighted by Gasteiger charge is -2.12. The normalized spacial score (nSPS) is 18.9. The van der Waals surface area contributed by atoms with Crippen molar-refractivity contribution >= 4 is 17.7 Å². The van der Waals surface area contributed by atoms with E-state index in [0.717, 1.165) is 6.07 Å². The summed E-state index contributed by atoms with van der Waals surface area (Å²) in [5, 5.41) is 14.0. The molecule has 1 aromatic heterocycles. The van der Waals surface area contributed by atoms with Gasteiger partial charge >= 0.3 is 5.97 Å². The van der Waals surface area contributed by atoms with E-state index in [-0.39, 0.29) is 24.2 Å². The van der Waals surface area contributed by atoms with E-state index in [1.54, 1.807) is 0 Å². The van der Waals surface area contributed by atoms with Crippen LogP contribution in [0.2, 0.25) is 0 Å². The molecule has 2 heterocycles. The van der Waals surface area contributed by atoms with Crippen LogP contribution in [0.3, 0.4) is 0 Å². The molecule has 2 rings (SSSR count). The van der Waals surface area contributed by atoms with E-state index < -0.39 is 17.3 Å². The highest BCUT2D eigenvalue weighted by Gasteiger charge is 2.23. The molecule has 0 bridgehead atoms. The monoisotopic (exact) mass is 239 g/mol. The smallest absolute Gasteiger partial charge is 0.338 e. The van der Waals surface area contributed by atoms with E-state index in [2.05, 4.69) is 15.6 Å². The van der Waals surface area contributed by atoms with Crippen LogP contribution in [0.5, 0.6) is 0 Å². The van der Waals surface area contributed by atoms with E-state index in [1.807, 2.05) is 0 Å². The molecule has 3 N–H and O–H groups in total. The molecule has 90 valence electrons. The number of nitrogens with one attached hydrogen (secondary N) is 2.